The molecule has 0 fully saturated rings. The van der Waals surface area contributed by atoms with Gasteiger partial charge in [-0.3, -0.25) is 0 Å². The van der Waals surface area contributed by atoms with Crippen LogP contribution in [-0.2, 0) is 5.33 Å². The molecule has 1 rings (SSSR count). The Morgan fingerprint density at radius 2 is 2.21 bits per heavy atom. The Labute approximate surface area is 86.5 Å². The first kappa shape index (κ1) is 11.0. The molecule has 2 nitrogen and oxygen atoms in total. The number of halogens is 4. The van der Waals surface area contributed by atoms with E-state index in [4.69, 9.17) is 5.26 Å². The van der Waals surface area contributed by atoms with Gasteiger partial charge in [-0.05, 0) is 6.07 Å². The molecule has 0 bridgehead atoms. The minimum Gasteiger partial charge on any atom is -0.246 e. The van der Waals surface area contributed by atoms with Crippen molar-refractivity contribution in [3.63, 3.8) is 0 Å². The van der Waals surface area contributed by atoms with Gasteiger partial charge in [-0.15, -0.1) is 0 Å². The largest absolute Gasteiger partial charge is 0.281 e. The first-order chi connectivity index (χ1) is 6.60. The van der Waals surface area contributed by atoms with Gasteiger partial charge in [0.15, 0.2) is 0 Å². The second-order valence-corrected chi connectivity index (χ2v) is 2.96. The summed E-state index contributed by atoms with van der Waals surface area (Å²) in [6, 6.07) is 2.24. The Kier molecular flexibility index (Phi) is 3.47. The Hall–Kier alpha value is -1.09. The van der Waals surface area contributed by atoms with Gasteiger partial charge in [-0.2, -0.15) is 5.26 Å². The summed E-state index contributed by atoms with van der Waals surface area (Å²) in [5.74, 6) is -0.761. The summed E-state index contributed by atoms with van der Waals surface area (Å²) in [4.78, 5) is 3.37. The van der Waals surface area contributed by atoms with E-state index in [0.29, 0.717) is 0 Å². The second-order valence-electron chi connectivity index (χ2n) is 2.40. The third-order valence-corrected chi connectivity index (χ3v) is 2.06. The number of nitrogens with zero attached hydrogens (tertiary/aromatic N) is 2. The van der Waals surface area contributed by atoms with Crippen LogP contribution in [0.3, 0.4) is 0 Å². The third kappa shape index (κ3) is 2.04. The number of aromatic nitrogens is 1. The van der Waals surface area contributed by atoms with Gasteiger partial charge in [0.1, 0.15) is 17.6 Å². The van der Waals surface area contributed by atoms with Gasteiger partial charge in [0.05, 0.1) is 11.3 Å². The van der Waals surface area contributed by atoms with Crippen molar-refractivity contribution in [2.75, 3.05) is 0 Å². The van der Waals surface area contributed by atoms with E-state index < -0.39 is 23.5 Å². The summed E-state index contributed by atoms with van der Waals surface area (Å²) in [7, 11) is 0. The molecule has 0 radical (unpaired) electrons. The molecule has 1 aromatic heterocycles. The van der Waals surface area contributed by atoms with Crippen LogP contribution >= 0.6 is 15.9 Å². The minimum absolute atomic E-state index is 0.0320. The maximum Gasteiger partial charge on any atom is 0.281 e. The van der Waals surface area contributed by atoms with Gasteiger partial charge in [0, 0.05) is 5.33 Å². The smallest absolute Gasteiger partial charge is 0.246 e. The van der Waals surface area contributed by atoms with Crippen molar-refractivity contribution < 1.29 is 13.2 Å². The van der Waals surface area contributed by atoms with E-state index >= 15 is 0 Å². The molecule has 0 spiro atoms. The fraction of sp³-hybridized carbons (Fsp3) is 0.250. The maximum atomic E-state index is 13.0. The Bertz CT molecular complexity index is 387. The fourth-order valence-corrected chi connectivity index (χ4v) is 1.29. The molecule has 0 N–H and O–H groups in total. The third-order valence-electron chi connectivity index (χ3n) is 1.53. The number of hydrogen-bond donors (Lipinski definition) is 0. The number of nitriles is 1. The molecule has 0 aliphatic carbocycles. The molecule has 0 aromatic carbocycles. The normalized spacial score (nSPS) is 10.3. The molecule has 0 aliphatic heterocycles. The summed E-state index contributed by atoms with van der Waals surface area (Å²) >= 11 is 2.91. The highest BCUT2D eigenvalue weighted by atomic mass is 79.9. The van der Waals surface area contributed by atoms with Crippen molar-refractivity contribution in [1.29, 1.82) is 5.26 Å². The van der Waals surface area contributed by atoms with E-state index in [9.17, 15) is 13.2 Å². The first-order valence-corrected chi connectivity index (χ1v) is 4.65. The van der Waals surface area contributed by atoms with Crippen molar-refractivity contribution in [3.8, 4) is 6.07 Å². The van der Waals surface area contributed by atoms with Crippen LogP contribution in [0.25, 0.3) is 0 Å². The van der Waals surface area contributed by atoms with E-state index in [1.807, 2.05) is 0 Å². The SMILES string of the molecule is N#Cc1cc(F)c(CBr)nc1C(F)F. The highest BCUT2D eigenvalue weighted by Gasteiger charge is 2.18. The van der Waals surface area contributed by atoms with Crippen LogP contribution in [0.15, 0.2) is 6.07 Å². The summed E-state index contributed by atoms with van der Waals surface area (Å²) in [5.41, 5.74) is -1.23. The number of rotatable bonds is 2. The fourth-order valence-electron chi connectivity index (χ4n) is 0.893. The van der Waals surface area contributed by atoms with Gasteiger partial charge < -0.3 is 0 Å². The summed E-state index contributed by atoms with van der Waals surface area (Å²) in [5, 5.41) is 8.49. The van der Waals surface area contributed by atoms with Crippen LogP contribution in [0.4, 0.5) is 13.2 Å². The van der Waals surface area contributed by atoms with Crippen LogP contribution in [0.5, 0.6) is 0 Å². The van der Waals surface area contributed by atoms with Gasteiger partial charge in [-0.25, -0.2) is 18.2 Å². The van der Waals surface area contributed by atoms with E-state index in [0.717, 1.165) is 6.07 Å². The zero-order valence-electron chi connectivity index (χ0n) is 6.77. The Morgan fingerprint density at radius 1 is 1.57 bits per heavy atom. The lowest BCUT2D eigenvalue weighted by atomic mass is 10.2. The highest BCUT2D eigenvalue weighted by Crippen LogP contribution is 2.23. The molecule has 14 heavy (non-hydrogen) atoms. The van der Waals surface area contributed by atoms with E-state index in [1.165, 1.54) is 6.07 Å². The molecule has 0 amide bonds. The molecule has 74 valence electrons. The maximum absolute atomic E-state index is 13.0. The van der Waals surface area contributed by atoms with Crippen LogP contribution < -0.4 is 0 Å². The van der Waals surface area contributed by atoms with E-state index in [-0.39, 0.29) is 11.0 Å². The number of alkyl halides is 3. The molecule has 6 heteroatoms. The highest BCUT2D eigenvalue weighted by molar-refractivity contribution is 9.08. The van der Waals surface area contributed by atoms with E-state index in [1.54, 1.807) is 0 Å². The average Bonchev–Trinajstić information content (AvgIpc) is 2.16. The van der Waals surface area contributed by atoms with Crippen LogP contribution in [0, 0.1) is 17.1 Å². The van der Waals surface area contributed by atoms with Crippen LogP contribution in [0.1, 0.15) is 23.4 Å². The predicted molar refractivity (Wildman–Crippen MR) is 46.5 cm³/mol. The predicted octanol–water partition coefficient (Wildman–Crippen LogP) is 2.92. The summed E-state index contributed by atoms with van der Waals surface area (Å²) in [6.45, 7) is 0. The molecule has 0 atom stereocenters. The number of pyridine rings is 1. The van der Waals surface area contributed by atoms with E-state index in [2.05, 4.69) is 20.9 Å². The Morgan fingerprint density at radius 3 is 2.64 bits per heavy atom. The average molecular weight is 265 g/mol. The summed E-state index contributed by atoms with van der Waals surface area (Å²) in [6.07, 6.45) is -2.87. The molecular weight excluding hydrogens is 261 g/mol. The Balaban J connectivity index is 3.34. The van der Waals surface area contributed by atoms with Crippen LogP contribution in [-0.4, -0.2) is 4.98 Å². The molecule has 0 saturated heterocycles. The zero-order chi connectivity index (χ0) is 10.7. The van der Waals surface area contributed by atoms with Crippen molar-refractivity contribution in [3.05, 3.63) is 28.8 Å². The van der Waals surface area contributed by atoms with Crippen molar-refractivity contribution in [2.45, 2.75) is 11.8 Å². The van der Waals surface area contributed by atoms with Gasteiger partial charge in [0.25, 0.3) is 6.43 Å². The van der Waals surface area contributed by atoms with Crippen LogP contribution in [0.2, 0.25) is 0 Å². The topological polar surface area (TPSA) is 36.7 Å². The zero-order valence-corrected chi connectivity index (χ0v) is 8.35. The first-order valence-electron chi connectivity index (χ1n) is 3.53. The lowest BCUT2D eigenvalue weighted by molar-refractivity contribution is 0.145. The molecular formula is C8H4BrF3N2. The molecule has 0 aliphatic rings. The number of hydrogen-bond acceptors (Lipinski definition) is 2. The van der Waals surface area contributed by atoms with Gasteiger partial charge in [0.2, 0.25) is 0 Å². The lowest BCUT2D eigenvalue weighted by Gasteiger charge is -2.04. The quantitative estimate of drug-likeness (QED) is 0.771. The van der Waals surface area contributed by atoms with Crippen molar-refractivity contribution in [2.24, 2.45) is 0 Å². The van der Waals surface area contributed by atoms with Gasteiger partial charge >= 0.3 is 0 Å². The molecule has 1 aromatic rings. The molecule has 0 saturated carbocycles. The van der Waals surface area contributed by atoms with Crippen molar-refractivity contribution >= 4 is 15.9 Å². The standard InChI is InChI=1S/C8H4BrF3N2/c9-2-6-5(10)1-4(3-13)7(14-6)8(11)12/h1,8H,2H2. The second kappa shape index (κ2) is 4.42. The lowest BCUT2D eigenvalue weighted by Crippen LogP contribution is -2.01. The minimum atomic E-state index is -2.87. The monoisotopic (exact) mass is 264 g/mol. The molecule has 0 unspecified atom stereocenters. The van der Waals surface area contributed by atoms with Gasteiger partial charge in [-0.1, -0.05) is 15.9 Å². The molecule has 1 heterocycles. The van der Waals surface area contributed by atoms with Crippen molar-refractivity contribution in [1.82, 2.24) is 4.98 Å². The summed E-state index contributed by atoms with van der Waals surface area (Å²) < 4.78 is 37.6.